The SMILES string of the molecule is COc1ccc(CCC(=O)NC(C)CC(N)=S)cc1. The lowest BCUT2D eigenvalue weighted by molar-refractivity contribution is -0.121. The maximum atomic E-state index is 11.7. The van der Waals surface area contributed by atoms with Gasteiger partial charge in [-0.2, -0.15) is 0 Å². The summed E-state index contributed by atoms with van der Waals surface area (Å²) >= 11 is 4.80. The molecule has 0 aliphatic carbocycles. The van der Waals surface area contributed by atoms with Crippen LogP contribution in [0.4, 0.5) is 0 Å². The molecule has 1 unspecified atom stereocenters. The van der Waals surface area contributed by atoms with E-state index in [0.29, 0.717) is 24.3 Å². The van der Waals surface area contributed by atoms with Crippen molar-refractivity contribution in [2.45, 2.75) is 32.2 Å². The van der Waals surface area contributed by atoms with Crippen molar-refractivity contribution in [1.29, 1.82) is 0 Å². The molecule has 3 N–H and O–H groups in total. The first-order valence-electron chi connectivity index (χ1n) is 6.22. The van der Waals surface area contributed by atoms with Crippen LogP contribution in [0.1, 0.15) is 25.3 Å². The average molecular weight is 280 g/mol. The van der Waals surface area contributed by atoms with Crippen LogP contribution in [0.3, 0.4) is 0 Å². The third kappa shape index (κ3) is 6.20. The molecule has 0 bridgehead atoms. The van der Waals surface area contributed by atoms with Gasteiger partial charge in [0.15, 0.2) is 0 Å². The Hall–Kier alpha value is -1.62. The van der Waals surface area contributed by atoms with Crippen molar-refractivity contribution in [1.82, 2.24) is 5.32 Å². The van der Waals surface area contributed by atoms with E-state index >= 15 is 0 Å². The molecule has 0 aromatic heterocycles. The smallest absolute Gasteiger partial charge is 0.220 e. The number of hydrogen-bond donors (Lipinski definition) is 2. The van der Waals surface area contributed by atoms with Gasteiger partial charge in [0, 0.05) is 18.9 Å². The van der Waals surface area contributed by atoms with Gasteiger partial charge in [0.05, 0.1) is 12.1 Å². The Kier molecular flexibility index (Phi) is 6.29. The molecule has 0 saturated carbocycles. The monoisotopic (exact) mass is 280 g/mol. The summed E-state index contributed by atoms with van der Waals surface area (Å²) in [7, 11) is 1.63. The minimum Gasteiger partial charge on any atom is -0.497 e. The third-order valence-corrected chi connectivity index (χ3v) is 2.88. The lowest BCUT2D eigenvalue weighted by Gasteiger charge is -2.12. The number of thiocarbonyl (C=S) groups is 1. The number of nitrogens with one attached hydrogen (secondary N) is 1. The minimum absolute atomic E-state index is 0.0131. The van der Waals surface area contributed by atoms with Crippen LogP contribution in [0.2, 0.25) is 0 Å². The topological polar surface area (TPSA) is 64.3 Å². The van der Waals surface area contributed by atoms with Gasteiger partial charge in [-0.15, -0.1) is 0 Å². The van der Waals surface area contributed by atoms with Crippen LogP contribution in [0.25, 0.3) is 0 Å². The highest BCUT2D eigenvalue weighted by Crippen LogP contribution is 2.12. The summed E-state index contributed by atoms with van der Waals surface area (Å²) in [6.07, 6.45) is 1.69. The third-order valence-electron chi connectivity index (χ3n) is 2.71. The summed E-state index contributed by atoms with van der Waals surface area (Å²) in [5.41, 5.74) is 6.54. The molecule has 0 aliphatic rings. The van der Waals surface area contributed by atoms with E-state index in [1.165, 1.54) is 0 Å². The Balaban J connectivity index is 2.34. The van der Waals surface area contributed by atoms with Crippen molar-refractivity contribution in [3.8, 4) is 5.75 Å². The molecule has 0 saturated heterocycles. The number of carbonyl (C=O) groups is 1. The van der Waals surface area contributed by atoms with Crippen LogP contribution in [0.15, 0.2) is 24.3 Å². The average Bonchev–Trinajstić information content (AvgIpc) is 2.36. The highest BCUT2D eigenvalue weighted by Gasteiger charge is 2.08. The zero-order valence-electron chi connectivity index (χ0n) is 11.3. The summed E-state index contributed by atoms with van der Waals surface area (Å²) in [5, 5.41) is 2.87. The summed E-state index contributed by atoms with van der Waals surface area (Å²) in [5.74, 6) is 0.831. The number of nitrogens with two attached hydrogens (primary N) is 1. The van der Waals surface area contributed by atoms with Crippen LogP contribution in [0, 0.1) is 0 Å². The fourth-order valence-corrected chi connectivity index (χ4v) is 2.00. The lowest BCUT2D eigenvalue weighted by Crippen LogP contribution is -2.35. The second-order valence-electron chi connectivity index (χ2n) is 4.49. The van der Waals surface area contributed by atoms with Crippen molar-refractivity contribution in [3.63, 3.8) is 0 Å². The molecule has 0 aliphatic heterocycles. The molecule has 0 fully saturated rings. The second kappa shape index (κ2) is 7.74. The number of methoxy groups -OCH3 is 1. The normalized spacial score (nSPS) is 11.7. The quantitative estimate of drug-likeness (QED) is 0.748. The lowest BCUT2D eigenvalue weighted by atomic mass is 10.1. The van der Waals surface area contributed by atoms with Crippen molar-refractivity contribution in [2.75, 3.05) is 7.11 Å². The molecule has 0 radical (unpaired) electrons. The van der Waals surface area contributed by atoms with Crippen molar-refractivity contribution < 1.29 is 9.53 Å². The fourth-order valence-electron chi connectivity index (χ4n) is 1.75. The number of ether oxygens (including phenoxy) is 1. The van der Waals surface area contributed by atoms with Gasteiger partial charge in [0.1, 0.15) is 5.75 Å². The van der Waals surface area contributed by atoms with E-state index in [9.17, 15) is 4.79 Å². The van der Waals surface area contributed by atoms with E-state index in [4.69, 9.17) is 22.7 Å². The van der Waals surface area contributed by atoms with Gasteiger partial charge in [0.25, 0.3) is 0 Å². The number of carbonyl (C=O) groups excluding carboxylic acids is 1. The number of rotatable bonds is 7. The molecule has 104 valence electrons. The fraction of sp³-hybridized carbons (Fsp3) is 0.429. The summed E-state index contributed by atoms with van der Waals surface area (Å²) < 4.78 is 5.08. The van der Waals surface area contributed by atoms with E-state index in [1.807, 2.05) is 31.2 Å². The molecule has 1 amide bonds. The summed E-state index contributed by atoms with van der Waals surface area (Å²) in [6.45, 7) is 1.89. The van der Waals surface area contributed by atoms with E-state index < -0.39 is 0 Å². The van der Waals surface area contributed by atoms with Crippen molar-refractivity contribution in [3.05, 3.63) is 29.8 Å². The van der Waals surface area contributed by atoms with Gasteiger partial charge in [0.2, 0.25) is 5.91 Å². The molecule has 4 nitrogen and oxygen atoms in total. The first-order chi connectivity index (χ1) is 9.01. The first-order valence-corrected chi connectivity index (χ1v) is 6.62. The maximum Gasteiger partial charge on any atom is 0.220 e. The Morgan fingerprint density at radius 3 is 2.58 bits per heavy atom. The van der Waals surface area contributed by atoms with Gasteiger partial charge in [-0.3, -0.25) is 4.79 Å². The number of amides is 1. The largest absolute Gasteiger partial charge is 0.497 e. The number of benzene rings is 1. The summed E-state index contributed by atoms with van der Waals surface area (Å²) in [4.78, 5) is 12.1. The Morgan fingerprint density at radius 2 is 2.05 bits per heavy atom. The van der Waals surface area contributed by atoms with Gasteiger partial charge >= 0.3 is 0 Å². The highest BCUT2D eigenvalue weighted by molar-refractivity contribution is 7.80. The van der Waals surface area contributed by atoms with Crippen LogP contribution < -0.4 is 15.8 Å². The number of hydrogen-bond acceptors (Lipinski definition) is 3. The molecule has 5 heteroatoms. The van der Waals surface area contributed by atoms with Crippen LogP contribution in [0.5, 0.6) is 5.75 Å². The van der Waals surface area contributed by atoms with E-state index in [2.05, 4.69) is 5.32 Å². The molecule has 19 heavy (non-hydrogen) atoms. The van der Waals surface area contributed by atoms with E-state index in [-0.39, 0.29) is 11.9 Å². The Labute approximate surface area is 119 Å². The molecule has 1 aromatic carbocycles. The molecule has 0 heterocycles. The van der Waals surface area contributed by atoms with Gasteiger partial charge in [-0.25, -0.2) is 0 Å². The first kappa shape index (κ1) is 15.4. The van der Waals surface area contributed by atoms with Gasteiger partial charge in [-0.1, -0.05) is 24.4 Å². The molecule has 1 rings (SSSR count). The van der Waals surface area contributed by atoms with Crippen molar-refractivity contribution in [2.24, 2.45) is 5.73 Å². The minimum atomic E-state index is -0.0131. The molecule has 0 spiro atoms. The zero-order chi connectivity index (χ0) is 14.3. The van der Waals surface area contributed by atoms with Crippen LogP contribution in [-0.2, 0) is 11.2 Å². The van der Waals surface area contributed by atoms with Gasteiger partial charge in [-0.05, 0) is 31.0 Å². The van der Waals surface area contributed by atoms with Crippen molar-refractivity contribution >= 4 is 23.1 Å². The van der Waals surface area contributed by atoms with Crippen LogP contribution in [-0.4, -0.2) is 24.0 Å². The zero-order valence-corrected chi connectivity index (χ0v) is 12.1. The molecule has 1 aromatic rings. The predicted molar refractivity (Wildman–Crippen MR) is 80.3 cm³/mol. The predicted octanol–water partition coefficient (Wildman–Crippen LogP) is 1.81. The standard InChI is InChI=1S/C14H20N2O2S/c1-10(9-13(15)19)16-14(17)8-5-11-3-6-12(18-2)7-4-11/h3-4,6-7,10H,5,8-9H2,1-2H3,(H2,15,19)(H,16,17). The Bertz CT molecular complexity index is 432. The molecule has 1 atom stereocenters. The highest BCUT2D eigenvalue weighted by atomic mass is 32.1. The van der Waals surface area contributed by atoms with Crippen LogP contribution >= 0.6 is 12.2 Å². The second-order valence-corrected chi connectivity index (χ2v) is 5.01. The molecular formula is C14H20N2O2S. The molecular weight excluding hydrogens is 260 g/mol. The Morgan fingerprint density at radius 1 is 1.42 bits per heavy atom. The maximum absolute atomic E-state index is 11.7. The van der Waals surface area contributed by atoms with E-state index in [0.717, 1.165) is 11.3 Å². The van der Waals surface area contributed by atoms with E-state index in [1.54, 1.807) is 7.11 Å². The number of aryl methyl sites for hydroxylation is 1. The van der Waals surface area contributed by atoms with Gasteiger partial charge < -0.3 is 15.8 Å². The summed E-state index contributed by atoms with van der Waals surface area (Å²) in [6, 6.07) is 7.70.